The Morgan fingerprint density at radius 3 is 2.26 bits per heavy atom. The topological polar surface area (TPSA) is 38.7 Å². The molecular weight excluding hydrogens is 240 g/mol. The fraction of sp³-hybridized carbons (Fsp3) is 0.625. The maximum atomic E-state index is 11.0. The summed E-state index contributed by atoms with van der Waals surface area (Å²) in [7, 11) is 3.27. The predicted molar refractivity (Wildman–Crippen MR) is 75.7 cm³/mol. The van der Waals surface area contributed by atoms with Crippen LogP contribution in [0.25, 0.3) is 0 Å². The van der Waals surface area contributed by atoms with Crippen molar-refractivity contribution in [3.05, 3.63) is 23.8 Å². The zero-order valence-electron chi connectivity index (χ0n) is 12.1. The highest BCUT2D eigenvalue weighted by Gasteiger charge is 2.32. The second-order valence-corrected chi connectivity index (χ2v) is 5.67. The van der Waals surface area contributed by atoms with Gasteiger partial charge in [0.15, 0.2) is 0 Å². The molecular formula is C16H24O3. The summed E-state index contributed by atoms with van der Waals surface area (Å²) in [6.07, 6.45) is 4.95. The van der Waals surface area contributed by atoms with Gasteiger partial charge in [-0.2, -0.15) is 0 Å². The van der Waals surface area contributed by atoms with Crippen LogP contribution in [0, 0.1) is 5.92 Å². The zero-order chi connectivity index (χ0) is 13.9. The van der Waals surface area contributed by atoms with Crippen LogP contribution in [0.3, 0.4) is 0 Å². The first-order valence-electron chi connectivity index (χ1n) is 7.03. The highest BCUT2D eigenvalue weighted by atomic mass is 16.5. The second-order valence-electron chi connectivity index (χ2n) is 5.67. The van der Waals surface area contributed by atoms with Crippen molar-refractivity contribution in [2.45, 2.75) is 44.6 Å². The lowest BCUT2D eigenvalue weighted by atomic mass is 9.86. The molecule has 0 saturated heterocycles. The highest BCUT2D eigenvalue weighted by molar-refractivity contribution is 5.41. The van der Waals surface area contributed by atoms with Crippen molar-refractivity contribution in [2.24, 2.45) is 5.92 Å². The third kappa shape index (κ3) is 3.21. The molecule has 0 aromatic heterocycles. The Balaban J connectivity index is 2.32. The van der Waals surface area contributed by atoms with Crippen LogP contribution >= 0.6 is 0 Å². The lowest BCUT2D eigenvalue weighted by Crippen LogP contribution is -2.24. The molecule has 0 heterocycles. The summed E-state index contributed by atoms with van der Waals surface area (Å²) in [6.45, 7) is 2.26. The van der Waals surface area contributed by atoms with E-state index in [9.17, 15) is 5.11 Å². The van der Waals surface area contributed by atoms with Crippen molar-refractivity contribution in [1.82, 2.24) is 0 Å². The van der Waals surface area contributed by atoms with Gasteiger partial charge in [0.05, 0.1) is 19.8 Å². The molecule has 1 aromatic carbocycles. The maximum Gasteiger partial charge on any atom is 0.122 e. The average molecular weight is 264 g/mol. The minimum absolute atomic E-state index is 0.696. The molecule has 2 rings (SSSR count). The molecule has 1 N–H and O–H groups in total. The van der Waals surface area contributed by atoms with Crippen LogP contribution in [-0.2, 0) is 5.60 Å². The summed E-state index contributed by atoms with van der Waals surface area (Å²) >= 11 is 0. The molecule has 0 bridgehead atoms. The van der Waals surface area contributed by atoms with E-state index in [0.717, 1.165) is 42.7 Å². The number of rotatable bonds is 3. The molecule has 2 unspecified atom stereocenters. The smallest absolute Gasteiger partial charge is 0.122 e. The van der Waals surface area contributed by atoms with Crippen molar-refractivity contribution < 1.29 is 14.6 Å². The van der Waals surface area contributed by atoms with E-state index in [2.05, 4.69) is 6.92 Å². The molecule has 1 saturated carbocycles. The lowest BCUT2D eigenvalue weighted by molar-refractivity contribution is 0.0194. The molecule has 1 aromatic rings. The summed E-state index contributed by atoms with van der Waals surface area (Å²) in [5.41, 5.74) is 0.171. The van der Waals surface area contributed by atoms with Gasteiger partial charge in [-0.15, -0.1) is 0 Å². The van der Waals surface area contributed by atoms with E-state index in [0.29, 0.717) is 5.92 Å². The molecule has 0 spiro atoms. The fourth-order valence-corrected chi connectivity index (χ4v) is 2.86. The number of ether oxygens (including phenoxy) is 2. The average Bonchev–Trinajstić information content (AvgIpc) is 2.61. The lowest BCUT2D eigenvalue weighted by Gasteiger charge is -2.28. The Morgan fingerprint density at radius 2 is 1.68 bits per heavy atom. The molecule has 3 nitrogen and oxygen atoms in total. The van der Waals surface area contributed by atoms with Gasteiger partial charge >= 0.3 is 0 Å². The Labute approximate surface area is 115 Å². The Hall–Kier alpha value is -1.22. The molecule has 1 fully saturated rings. The van der Waals surface area contributed by atoms with Gasteiger partial charge < -0.3 is 14.6 Å². The van der Waals surface area contributed by atoms with E-state index in [1.807, 2.05) is 18.2 Å². The van der Waals surface area contributed by atoms with Gasteiger partial charge in [-0.3, -0.25) is 0 Å². The monoisotopic (exact) mass is 264 g/mol. The van der Waals surface area contributed by atoms with Crippen LogP contribution < -0.4 is 9.47 Å². The van der Waals surface area contributed by atoms with Crippen LogP contribution in [0.2, 0.25) is 0 Å². The first-order valence-corrected chi connectivity index (χ1v) is 7.03. The van der Waals surface area contributed by atoms with Gasteiger partial charge in [0.25, 0.3) is 0 Å². The summed E-state index contributed by atoms with van der Waals surface area (Å²) in [5, 5.41) is 11.0. The Bertz CT molecular complexity index is 408. The van der Waals surface area contributed by atoms with Crippen LogP contribution in [0.1, 0.15) is 44.6 Å². The zero-order valence-corrected chi connectivity index (χ0v) is 12.1. The third-order valence-corrected chi connectivity index (χ3v) is 4.23. The Morgan fingerprint density at radius 1 is 1.05 bits per heavy atom. The number of aliphatic hydroxyl groups is 1. The standard InChI is InChI=1S/C16H24O3/c1-12-5-4-7-16(17,8-6-12)13-9-14(18-2)11-15(10-13)19-3/h9-12,17H,4-8H2,1-3H3. The van der Waals surface area contributed by atoms with Crippen molar-refractivity contribution in [3.8, 4) is 11.5 Å². The van der Waals surface area contributed by atoms with Crippen molar-refractivity contribution in [1.29, 1.82) is 0 Å². The van der Waals surface area contributed by atoms with Crippen molar-refractivity contribution in [3.63, 3.8) is 0 Å². The van der Waals surface area contributed by atoms with E-state index in [1.165, 1.54) is 6.42 Å². The van der Waals surface area contributed by atoms with E-state index in [1.54, 1.807) is 14.2 Å². The quantitative estimate of drug-likeness (QED) is 0.849. The summed E-state index contributed by atoms with van der Waals surface area (Å²) < 4.78 is 10.6. The minimum atomic E-state index is -0.743. The van der Waals surface area contributed by atoms with E-state index < -0.39 is 5.60 Å². The number of hydrogen-bond donors (Lipinski definition) is 1. The Kier molecular flexibility index (Phi) is 4.35. The van der Waals surface area contributed by atoms with Gasteiger partial charge in [-0.05, 0) is 49.3 Å². The normalized spacial score (nSPS) is 27.7. The summed E-state index contributed by atoms with van der Waals surface area (Å²) in [5.74, 6) is 2.17. The fourth-order valence-electron chi connectivity index (χ4n) is 2.86. The SMILES string of the molecule is COc1cc(OC)cc(C2(O)CCCC(C)CC2)c1. The van der Waals surface area contributed by atoms with Crippen LogP contribution in [0.15, 0.2) is 18.2 Å². The molecule has 19 heavy (non-hydrogen) atoms. The minimum Gasteiger partial charge on any atom is -0.497 e. The van der Waals surface area contributed by atoms with Gasteiger partial charge in [0.1, 0.15) is 11.5 Å². The second kappa shape index (κ2) is 5.83. The first kappa shape index (κ1) is 14.2. The molecule has 0 amide bonds. The van der Waals surface area contributed by atoms with E-state index in [4.69, 9.17) is 9.47 Å². The number of methoxy groups -OCH3 is 2. The summed E-state index contributed by atoms with van der Waals surface area (Å²) in [6, 6.07) is 5.70. The molecule has 0 aliphatic heterocycles. The molecule has 1 aliphatic rings. The predicted octanol–water partition coefficient (Wildman–Crippen LogP) is 3.49. The van der Waals surface area contributed by atoms with Gasteiger partial charge in [-0.25, -0.2) is 0 Å². The molecule has 106 valence electrons. The third-order valence-electron chi connectivity index (χ3n) is 4.23. The maximum absolute atomic E-state index is 11.0. The van der Waals surface area contributed by atoms with E-state index >= 15 is 0 Å². The van der Waals surface area contributed by atoms with Crippen LogP contribution in [0.4, 0.5) is 0 Å². The summed E-state index contributed by atoms with van der Waals surface area (Å²) in [4.78, 5) is 0. The van der Waals surface area contributed by atoms with Crippen LogP contribution in [-0.4, -0.2) is 19.3 Å². The van der Waals surface area contributed by atoms with Crippen molar-refractivity contribution in [2.75, 3.05) is 14.2 Å². The molecule has 1 aliphatic carbocycles. The van der Waals surface area contributed by atoms with E-state index in [-0.39, 0.29) is 0 Å². The molecule has 3 heteroatoms. The van der Waals surface area contributed by atoms with Gasteiger partial charge in [-0.1, -0.05) is 13.3 Å². The molecule has 2 atom stereocenters. The molecule has 0 radical (unpaired) electrons. The highest BCUT2D eigenvalue weighted by Crippen LogP contribution is 2.40. The number of benzene rings is 1. The number of hydrogen-bond acceptors (Lipinski definition) is 3. The first-order chi connectivity index (χ1) is 9.07. The van der Waals surface area contributed by atoms with Crippen molar-refractivity contribution >= 4 is 0 Å². The van der Waals surface area contributed by atoms with Gasteiger partial charge in [0, 0.05) is 6.07 Å². The largest absolute Gasteiger partial charge is 0.497 e. The van der Waals surface area contributed by atoms with Crippen LogP contribution in [0.5, 0.6) is 11.5 Å². The van der Waals surface area contributed by atoms with Gasteiger partial charge in [0.2, 0.25) is 0 Å².